The summed E-state index contributed by atoms with van der Waals surface area (Å²) in [5.41, 5.74) is 12.3. The topological polar surface area (TPSA) is 6.48 Å². The predicted octanol–water partition coefficient (Wildman–Crippen LogP) is 21.8. The van der Waals surface area contributed by atoms with Gasteiger partial charge in [-0.3, -0.25) is 0 Å². The molecule has 2 heteroatoms. The molecule has 0 saturated heterocycles. The molecule has 0 N–H and O–H groups in total. The molecule has 0 unspecified atom stereocenters. The van der Waals surface area contributed by atoms with Gasteiger partial charge in [-0.2, -0.15) is 0 Å². The fraction of sp³-hybridized carbons (Fsp3) is 0.111. The summed E-state index contributed by atoms with van der Waals surface area (Å²) in [5, 5.41) is 88.7. The first-order valence-corrected chi connectivity index (χ1v) is 31.1. The highest BCUT2D eigenvalue weighted by Crippen LogP contribution is 2.86. The van der Waals surface area contributed by atoms with Crippen LogP contribution < -0.4 is 0 Å². The third kappa shape index (κ3) is 2.03. The Morgan fingerprint density at radius 2 is 0.410 bits per heavy atom. The normalized spacial score (nSPS) is 21.8. The number of hydrogen-bond donors (Lipinski definition) is 0. The van der Waals surface area contributed by atoms with Crippen molar-refractivity contribution in [1.29, 1.82) is 0 Å². The van der Waals surface area contributed by atoms with Gasteiger partial charge in [0.1, 0.15) is 11.1 Å². The number of benzene rings is 20. The van der Waals surface area contributed by atoms with Gasteiger partial charge in [0.15, 0.2) is 0 Å². The summed E-state index contributed by atoms with van der Waals surface area (Å²) in [7, 11) is 0. The van der Waals surface area contributed by atoms with Crippen molar-refractivity contribution in [3.05, 3.63) is 105 Å². The summed E-state index contributed by atoms with van der Waals surface area (Å²) < 4.78 is 0. The fourth-order valence-electron chi connectivity index (χ4n) is 27.7. The lowest BCUT2D eigenvalue weighted by molar-refractivity contribution is -0.0492. The zero-order chi connectivity index (χ0) is 51.0. The van der Waals surface area contributed by atoms with Crippen molar-refractivity contribution in [2.45, 2.75) is 57.8 Å². The maximum absolute atomic E-state index is 3.17. The minimum absolute atomic E-state index is 0.0588. The zero-order valence-electron chi connectivity index (χ0n) is 44.7. The molecule has 30 aromatic rings. The number of hydrogen-bond acceptors (Lipinski definition) is 2. The van der Waals surface area contributed by atoms with Gasteiger partial charge in [0, 0.05) is 34.2 Å². The third-order valence-electron chi connectivity index (χ3n) is 28.6. The van der Waals surface area contributed by atoms with Crippen LogP contribution in [0.3, 0.4) is 0 Å². The molecule has 360 valence electrons. The summed E-state index contributed by atoms with van der Waals surface area (Å²) in [6, 6.07) is 19.7. The summed E-state index contributed by atoms with van der Waals surface area (Å²) in [4.78, 5) is 6.30. The molecule has 0 amide bonds. The highest BCUT2D eigenvalue weighted by atomic mass is 15.4. The van der Waals surface area contributed by atoms with Crippen molar-refractivity contribution < 1.29 is 0 Å². The van der Waals surface area contributed by atoms with E-state index in [0.717, 1.165) is 0 Å². The second-order valence-corrected chi connectivity index (χ2v) is 29.9. The lowest BCUT2D eigenvalue weighted by Crippen LogP contribution is -2.69. The van der Waals surface area contributed by atoms with Crippen LogP contribution in [0.4, 0.5) is 0 Å². The van der Waals surface area contributed by atoms with Crippen LogP contribution in [0.25, 0.3) is 291 Å². The van der Waals surface area contributed by atoms with Crippen LogP contribution in [0.15, 0.2) is 60.4 Å². The molecule has 1 aliphatic heterocycles. The molecule has 0 fully saturated rings. The van der Waals surface area contributed by atoms with Crippen LogP contribution in [-0.4, -0.2) is 9.80 Å². The maximum Gasteiger partial charge on any atom is 0.125 e. The average Bonchev–Trinajstić information content (AvgIpc) is 1.39. The summed E-state index contributed by atoms with van der Waals surface area (Å²) in [6.07, 6.45) is 2.77. The van der Waals surface area contributed by atoms with Crippen molar-refractivity contribution in [3.63, 3.8) is 0 Å². The lowest BCUT2D eigenvalue weighted by atomic mass is 9.54. The molecule has 30 aromatic carbocycles. The third-order valence-corrected chi connectivity index (χ3v) is 28.6. The van der Waals surface area contributed by atoms with Crippen LogP contribution in [0.2, 0.25) is 0 Å². The van der Waals surface area contributed by atoms with E-state index < -0.39 is 11.1 Å². The fourth-order valence-corrected chi connectivity index (χ4v) is 27.7. The first kappa shape index (κ1) is 33.9. The van der Waals surface area contributed by atoms with Crippen molar-refractivity contribution in [2.24, 2.45) is 0 Å². The number of aryl methyl sites for hydroxylation is 2. The first-order valence-electron chi connectivity index (χ1n) is 31.1. The highest BCUT2D eigenvalue weighted by Gasteiger charge is 2.76. The van der Waals surface area contributed by atoms with Gasteiger partial charge in [0.05, 0.1) is 12.1 Å². The first-order chi connectivity index (χ1) is 41.0. The molecule has 35 rings (SSSR count). The summed E-state index contributed by atoms with van der Waals surface area (Å²) in [5.74, 6) is 0. The van der Waals surface area contributed by atoms with E-state index in [9.17, 15) is 0 Å². The van der Waals surface area contributed by atoms with E-state index >= 15 is 0 Å². The smallest absolute Gasteiger partial charge is 0.125 e. The van der Waals surface area contributed by atoms with Gasteiger partial charge in [-0.25, -0.2) is 0 Å². The Morgan fingerprint density at radius 3 is 0.627 bits per heavy atom. The van der Waals surface area contributed by atoms with E-state index in [0.29, 0.717) is 0 Å². The SMILES string of the molecule is CC1=CN([C@@H](C)c2ccc(C)cc2)C23c4c5c6c7c8c9c(c%10c%11c2c2c4c4c%12c5c5c6c6c8c8c%13c9c9c%10c%10c%11c%11c2c2c4c4c%12c%12c5c5c6c8c6c8c%13c9c9c%10c%10c%11c2c2c4c4c%12c5c6c5c8c9c%10c2c45)C73N1[C@@H](C)c1ccc(C)cc1. The van der Waals surface area contributed by atoms with Gasteiger partial charge in [0.25, 0.3) is 0 Å². The van der Waals surface area contributed by atoms with Gasteiger partial charge < -0.3 is 9.80 Å². The van der Waals surface area contributed by atoms with E-state index in [4.69, 9.17) is 0 Å². The molecule has 5 aliphatic rings. The molecule has 4 aliphatic carbocycles. The number of nitrogens with zero attached hydrogens (tertiary/aromatic N) is 2. The Hall–Kier alpha value is -9.76. The monoisotopic (exact) mass is 1030 g/mol. The molecule has 0 bridgehead atoms. The second kappa shape index (κ2) is 8.14. The zero-order valence-corrected chi connectivity index (χ0v) is 44.7. The molecule has 2 nitrogen and oxygen atoms in total. The summed E-state index contributed by atoms with van der Waals surface area (Å²) in [6.45, 7) is 12.4. The summed E-state index contributed by atoms with van der Waals surface area (Å²) >= 11 is 0. The van der Waals surface area contributed by atoms with Crippen molar-refractivity contribution in [2.75, 3.05) is 0 Å². The Bertz CT molecular complexity index is 7910. The van der Waals surface area contributed by atoms with Gasteiger partial charge in [-0.1, -0.05) is 59.7 Å². The average molecular weight is 1030 g/mol. The molecular formula is C81H26N2. The molecule has 0 aromatic heterocycles. The van der Waals surface area contributed by atoms with Crippen molar-refractivity contribution in [1.82, 2.24) is 9.80 Å². The van der Waals surface area contributed by atoms with Gasteiger partial charge in [0.2, 0.25) is 0 Å². The van der Waals surface area contributed by atoms with E-state index in [1.54, 1.807) is 313 Å². The Balaban J connectivity index is 1.04. The standard InChI is InChI=1S/C81H26N2/c1-15-6-10-20(11-7-15)18(4)82-14-17(3)83(19(5)21-12-8-16(2)9-13-21)81-78-72-66-56-48-38-30-26-23-22-24-28(30)36-44(38)58(66)64-54-46(36)40-32(24)33-25(22)29-31-27(23)35-34(26)42(48)52-53-43(35)49-39(31)45-37(29)47-41(33)51-50(40)60(54)68-69-61(51)55(47)65-59(45)67-57(49)63(53)75(74(78)62(52)56)79(81)73(67)71(65)77(69)80(81,82)76(68)70(64)72/h6-14,18-19H,1-5H3/t18-,19-,80?,81?/m0/s1. The molecule has 2 spiro atoms. The maximum atomic E-state index is 3.17. The van der Waals surface area contributed by atoms with Crippen LogP contribution in [0, 0.1) is 13.8 Å². The van der Waals surface area contributed by atoms with E-state index in [-0.39, 0.29) is 12.1 Å². The minimum Gasteiger partial charge on any atom is -0.353 e. The molecule has 1 heterocycles. The molecule has 2 atom stereocenters. The van der Waals surface area contributed by atoms with Gasteiger partial charge in [-0.05, 0) is 337 Å². The van der Waals surface area contributed by atoms with Crippen LogP contribution in [0.1, 0.15) is 77.4 Å². The van der Waals surface area contributed by atoms with Crippen molar-refractivity contribution >= 4 is 291 Å². The Morgan fingerprint density at radius 1 is 0.229 bits per heavy atom. The van der Waals surface area contributed by atoms with E-state index in [2.05, 4.69) is 99.1 Å². The van der Waals surface area contributed by atoms with Gasteiger partial charge in [-0.15, -0.1) is 0 Å². The number of rotatable bonds is 4. The quantitative estimate of drug-likeness (QED) is 0.162. The van der Waals surface area contributed by atoms with Gasteiger partial charge >= 0.3 is 0 Å². The second-order valence-electron chi connectivity index (χ2n) is 29.9. The Kier molecular flexibility index (Phi) is 3.32. The number of allylic oxidation sites excluding steroid dienone is 1. The predicted molar refractivity (Wildman–Crippen MR) is 350 cm³/mol. The minimum atomic E-state index is -0.638. The van der Waals surface area contributed by atoms with Crippen molar-refractivity contribution in [3.8, 4) is 0 Å². The molecule has 83 heavy (non-hydrogen) atoms. The van der Waals surface area contributed by atoms with E-state index in [1.807, 2.05) is 0 Å². The van der Waals surface area contributed by atoms with E-state index in [1.165, 1.54) is 28.0 Å². The molecular weight excluding hydrogens is 1000 g/mol. The molecule has 0 radical (unpaired) electrons. The van der Waals surface area contributed by atoms with Crippen LogP contribution in [-0.2, 0) is 11.1 Å². The van der Waals surface area contributed by atoms with Crippen LogP contribution >= 0.6 is 0 Å². The highest BCUT2D eigenvalue weighted by molar-refractivity contribution is 6.82. The lowest BCUT2D eigenvalue weighted by Gasteiger charge is -2.67. The Labute approximate surface area is 460 Å². The largest absolute Gasteiger partial charge is 0.353 e. The molecule has 0 saturated carbocycles. The van der Waals surface area contributed by atoms with Crippen LogP contribution in [0.5, 0.6) is 0 Å².